The molecule has 0 aromatic rings. The molecule has 1 saturated carbocycles. The van der Waals surface area contributed by atoms with E-state index in [-0.39, 0.29) is 6.61 Å². The van der Waals surface area contributed by atoms with Crippen molar-refractivity contribution >= 4 is 0 Å². The van der Waals surface area contributed by atoms with Gasteiger partial charge in [-0.3, -0.25) is 0 Å². The molecule has 1 fully saturated rings. The summed E-state index contributed by atoms with van der Waals surface area (Å²) >= 11 is 0. The van der Waals surface area contributed by atoms with Crippen LogP contribution in [0.15, 0.2) is 0 Å². The molecule has 0 radical (unpaired) electrons. The van der Waals surface area contributed by atoms with E-state index in [1.54, 1.807) is 0 Å². The topological polar surface area (TPSA) is 41.5 Å². The second-order valence-electron chi connectivity index (χ2n) is 3.80. The monoisotopic (exact) mass is 187 g/mol. The first-order chi connectivity index (χ1) is 6.34. The maximum absolute atomic E-state index is 8.47. The zero-order valence-electron chi connectivity index (χ0n) is 8.46. The smallest absolute Gasteiger partial charge is 0.0698 e. The maximum atomic E-state index is 8.47. The summed E-state index contributed by atoms with van der Waals surface area (Å²) in [6.07, 6.45) is 4.02. The molecule has 2 atom stereocenters. The summed E-state index contributed by atoms with van der Waals surface area (Å²) < 4.78 is 5.17. The van der Waals surface area contributed by atoms with Gasteiger partial charge in [-0.25, -0.2) is 0 Å². The second-order valence-corrected chi connectivity index (χ2v) is 3.80. The third-order valence-corrected chi connectivity index (χ3v) is 2.75. The summed E-state index contributed by atoms with van der Waals surface area (Å²) in [4.78, 5) is 0. The lowest BCUT2D eigenvalue weighted by atomic mass is 10.1. The van der Waals surface area contributed by atoms with Gasteiger partial charge in [0, 0.05) is 12.6 Å². The van der Waals surface area contributed by atoms with Crippen LogP contribution >= 0.6 is 0 Å². The van der Waals surface area contributed by atoms with E-state index in [2.05, 4.69) is 12.2 Å². The molecule has 0 heterocycles. The number of hydrogen-bond donors (Lipinski definition) is 2. The van der Waals surface area contributed by atoms with Crippen molar-refractivity contribution in [3.05, 3.63) is 0 Å². The van der Waals surface area contributed by atoms with Gasteiger partial charge in [0.2, 0.25) is 0 Å². The number of ether oxygens (including phenoxy) is 1. The van der Waals surface area contributed by atoms with Crippen LogP contribution in [-0.2, 0) is 4.74 Å². The Balaban J connectivity index is 1.93. The first kappa shape index (κ1) is 11.0. The van der Waals surface area contributed by atoms with Crippen LogP contribution in [0.25, 0.3) is 0 Å². The van der Waals surface area contributed by atoms with Crippen molar-refractivity contribution in [3.63, 3.8) is 0 Å². The predicted molar refractivity (Wildman–Crippen MR) is 52.7 cm³/mol. The van der Waals surface area contributed by atoms with E-state index in [0.29, 0.717) is 19.3 Å². The van der Waals surface area contributed by atoms with Crippen molar-refractivity contribution in [1.29, 1.82) is 0 Å². The Labute approximate surface area is 80.5 Å². The van der Waals surface area contributed by atoms with Crippen LogP contribution in [0.1, 0.15) is 26.2 Å². The molecule has 0 aromatic carbocycles. The first-order valence-electron chi connectivity index (χ1n) is 5.26. The largest absolute Gasteiger partial charge is 0.394 e. The number of aliphatic hydroxyl groups excluding tert-OH is 1. The quantitative estimate of drug-likeness (QED) is 0.604. The van der Waals surface area contributed by atoms with Gasteiger partial charge < -0.3 is 15.2 Å². The maximum Gasteiger partial charge on any atom is 0.0698 e. The zero-order valence-corrected chi connectivity index (χ0v) is 8.46. The molecule has 0 aliphatic heterocycles. The van der Waals surface area contributed by atoms with E-state index in [1.807, 2.05) is 0 Å². The summed E-state index contributed by atoms with van der Waals surface area (Å²) in [6.45, 7) is 4.51. The van der Waals surface area contributed by atoms with E-state index in [1.165, 1.54) is 19.3 Å². The lowest BCUT2D eigenvalue weighted by Crippen LogP contribution is -2.33. The third kappa shape index (κ3) is 4.07. The fraction of sp³-hybridized carbons (Fsp3) is 1.00. The van der Waals surface area contributed by atoms with E-state index in [0.717, 1.165) is 12.5 Å². The van der Waals surface area contributed by atoms with Gasteiger partial charge in [-0.1, -0.05) is 13.3 Å². The molecule has 0 amide bonds. The average molecular weight is 187 g/mol. The van der Waals surface area contributed by atoms with Gasteiger partial charge in [0.05, 0.1) is 19.8 Å². The van der Waals surface area contributed by atoms with Gasteiger partial charge in [0.1, 0.15) is 0 Å². The van der Waals surface area contributed by atoms with Crippen LogP contribution in [0.2, 0.25) is 0 Å². The fourth-order valence-corrected chi connectivity index (χ4v) is 1.93. The van der Waals surface area contributed by atoms with Crippen molar-refractivity contribution in [1.82, 2.24) is 5.32 Å². The lowest BCUT2D eigenvalue weighted by molar-refractivity contribution is 0.0920. The molecule has 1 aliphatic rings. The minimum atomic E-state index is 0.125. The van der Waals surface area contributed by atoms with Crippen LogP contribution in [-0.4, -0.2) is 37.5 Å². The van der Waals surface area contributed by atoms with Crippen molar-refractivity contribution in [2.24, 2.45) is 5.92 Å². The molecule has 3 nitrogen and oxygen atoms in total. The second kappa shape index (κ2) is 6.35. The minimum Gasteiger partial charge on any atom is -0.394 e. The standard InChI is InChI=1S/C10H21NO2/c1-9-3-2-4-10(9)11-5-7-13-8-6-12/h9-12H,2-8H2,1H3/t9-,10+/m0/s1. The van der Waals surface area contributed by atoms with Crippen molar-refractivity contribution < 1.29 is 9.84 Å². The highest BCUT2D eigenvalue weighted by atomic mass is 16.5. The van der Waals surface area contributed by atoms with E-state index in [9.17, 15) is 0 Å². The molecule has 1 aliphatic carbocycles. The molecule has 1 rings (SSSR count). The van der Waals surface area contributed by atoms with Gasteiger partial charge in [-0.2, -0.15) is 0 Å². The molecule has 0 spiro atoms. The van der Waals surface area contributed by atoms with Crippen molar-refractivity contribution in [3.8, 4) is 0 Å². The van der Waals surface area contributed by atoms with Gasteiger partial charge in [0.15, 0.2) is 0 Å². The third-order valence-electron chi connectivity index (χ3n) is 2.75. The summed E-state index contributed by atoms with van der Waals surface area (Å²) in [5.41, 5.74) is 0. The summed E-state index contributed by atoms with van der Waals surface area (Å²) in [7, 11) is 0. The molecule has 78 valence electrons. The first-order valence-corrected chi connectivity index (χ1v) is 5.26. The number of nitrogens with one attached hydrogen (secondary N) is 1. The Kier molecular flexibility index (Phi) is 5.35. The van der Waals surface area contributed by atoms with Crippen LogP contribution in [0.3, 0.4) is 0 Å². The van der Waals surface area contributed by atoms with Gasteiger partial charge in [-0.05, 0) is 18.8 Å². The molecule has 0 saturated heterocycles. The summed E-state index contributed by atoms with van der Waals surface area (Å²) in [5.74, 6) is 0.817. The predicted octanol–water partition coefficient (Wildman–Crippen LogP) is 0.774. The number of hydrogen-bond acceptors (Lipinski definition) is 3. The van der Waals surface area contributed by atoms with Gasteiger partial charge in [0.25, 0.3) is 0 Å². The zero-order chi connectivity index (χ0) is 9.52. The molecule has 0 aromatic heterocycles. The van der Waals surface area contributed by atoms with E-state index < -0.39 is 0 Å². The summed E-state index contributed by atoms with van der Waals surface area (Å²) in [6, 6.07) is 0.692. The Morgan fingerprint density at radius 1 is 1.38 bits per heavy atom. The van der Waals surface area contributed by atoms with Crippen molar-refractivity contribution in [2.75, 3.05) is 26.4 Å². The lowest BCUT2D eigenvalue weighted by Gasteiger charge is -2.16. The Morgan fingerprint density at radius 2 is 2.23 bits per heavy atom. The molecule has 3 heteroatoms. The molecule has 13 heavy (non-hydrogen) atoms. The minimum absolute atomic E-state index is 0.125. The highest BCUT2D eigenvalue weighted by molar-refractivity contribution is 4.79. The Hall–Kier alpha value is -0.120. The van der Waals surface area contributed by atoms with Crippen LogP contribution < -0.4 is 5.32 Å². The SMILES string of the molecule is C[C@H]1CCC[C@H]1NCCOCCO. The molecule has 0 unspecified atom stereocenters. The number of aliphatic hydroxyl groups is 1. The van der Waals surface area contributed by atoms with Gasteiger partial charge in [-0.15, -0.1) is 0 Å². The molecule has 2 N–H and O–H groups in total. The molecular weight excluding hydrogens is 166 g/mol. The highest BCUT2D eigenvalue weighted by Gasteiger charge is 2.21. The van der Waals surface area contributed by atoms with Crippen LogP contribution in [0.4, 0.5) is 0 Å². The van der Waals surface area contributed by atoms with Gasteiger partial charge >= 0.3 is 0 Å². The highest BCUT2D eigenvalue weighted by Crippen LogP contribution is 2.24. The Morgan fingerprint density at radius 3 is 2.85 bits per heavy atom. The fourth-order valence-electron chi connectivity index (χ4n) is 1.93. The normalized spacial score (nSPS) is 28.2. The van der Waals surface area contributed by atoms with Crippen LogP contribution in [0, 0.1) is 5.92 Å². The molecular formula is C10H21NO2. The van der Waals surface area contributed by atoms with E-state index >= 15 is 0 Å². The van der Waals surface area contributed by atoms with E-state index in [4.69, 9.17) is 9.84 Å². The van der Waals surface area contributed by atoms with Crippen molar-refractivity contribution in [2.45, 2.75) is 32.2 Å². The average Bonchev–Trinajstić information content (AvgIpc) is 2.52. The van der Waals surface area contributed by atoms with Crippen LogP contribution in [0.5, 0.6) is 0 Å². The Bertz CT molecular complexity index is 130. The summed E-state index contributed by atoms with van der Waals surface area (Å²) in [5, 5.41) is 12.0. The number of rotatable bonds is 6. The molecule has 0 bridgehead atoms.